The van der Waals surface area contributed by atoms with Gasteiger partial charge in [-0.15, -0.1) is 0 Å². The van der Waals surface area contributed by atoms with E-state index >= 15 is 0 Å². The van der Waals surface area contributed by atoms with E-state index in [9.17, 15) is 19.2 Å². The molecule has 8 nitrogen and oxygen atoms in total. The van der Waals surface area contributed by atoms with Crippen LogP contribution in [0.2, 0.25) is 0 Å². The van der Waals surface area contributed by atoms with E-state index in [1.54, 1.807) is 34.1 Å². The predicted molar refractivity (Wildman–Crippen MR) is 135 cm³/mol. The second kappa shape index (κ2) is 9.52. The summed E-state index contributed by atoms with van der Waals surface area (Å²) in [6, 6.07) is 6.51. The fourth-order valence-corrected chi connectivity index (χ4v) is 6.41. The van der Waals surface area contributed by atoms with Crippen LogP contribution < -0.4 is 0 Å². The molecule has 0 radical (unpaired) electrons. The Labute approximate surface area is 214 Å². The lowest BCUT2D eigenvalue weighted by Gasteiger charge is -2.53. The van der Waals surface area contributed by atoms with E-state index in [0.29, 0.717) is 25.7 Å². The van der Waals surface area contributed by atoms with Crippen LogP contribution in [0.15, 0.2) is 24.3 Å². The highest BCUT2D eigenvalue weighted by molar-refractivity contribution is 6.03. The van der Waals surface area contributed by atoms with E-state index < -0.39 is 46.3 Å². The van der Waals surface area contributed by atoms with Crippen molar-refractivity contribution in [3.05, 3.63) is 35.4 Å². The van der Waals surface area contributed by atoms with Crippen molar-refractivity contribution in [1.29, 1.82) is 0 Å². The first-order chi connectivity index (χ1) is 16.5. The number of likely N-dealkylation sites (tertiary alicyclic amines) is 2. The molecule has 0 unspecified atom stereocenters. The summed E-state index contributed by atoms with van der Waals surface area (Å²) >= 11 is 0. The van der Waals surface area contributed by atoms with Crippen molar-refractivity contribution in [2.24, 2.45) is 0 Å². The summed E-state index contributed by atoms with van der Waals surface area (Å²) in [5.74, 6) is -1.18. The molecule has 2 amide bonds. The highest BCUT2D eigenvalue weighted by atomic mass is 16.6. The molecule has 0 atom stereocenters. The van der Waals surface area contributed by atoms with Gasteiger partial charge in [0.25, 0.3) is 0 Å². The third-order valence-corrected chi connectivity index (χ3v) is 7.64. The van der Waals surface area contributed by atoms with Crippen molar-refractivity contribution in [3.8, 4) is 0 Å². The molecule has 1 aromatic rings. The third-order valence-electron chi connectivity index (χ3n) is 7.64. The molecular weight excluding hydrogens is 460 g/mol. The fourth-order valence-electron chi connectivity index (χ4n) is 6.41. The fraction of sp³-hybridized carbons (Fsp3) is 0.643. The van der Waals surface area contributed by atoms with E-state index in [1.807, 2.05) is 55.4 Å². The maximum atomic E-state index is 13.2. The second-order valence-electron chi connectivity index (χ2n) is 12.6. The van der Waals surface area contributed by atoms with Crippen LogP contribution in [0.4, 0.5) is 0 Å². The zero-order chi connectivity index (χ0) is 27.1. The zero-order valence-corrected chi connectivity index (χ0v) is 22.8. The molecule has 198 valence electrons. The van der Waals surface area contributed by atoms with Crippen LogP contribution in [0.1, 0.15) is 102 Å². The summed E-state index contributed by atoms with van der Waals surface area (Å²) in [5, 5.41) is 0. The Bertz CT molecular complexity index is 912. The number of carbonyl (C=O) groups is 4. The molecule has 0 aliphatic carbocycles. The molecule has 0 saturated carbocycles. The third kappa shape index (κ3) is 5.42. The van der Waals surface area contributed by atoms with Crippen molar-refractivity contribution < 1.29 is 28.7 Å². The van der Waals surface area contributed by atoms with Crippen LogP contribution in [0.5, 0.6) is 0 Å². The Morgan fingerprint density at radius 2 is 0.944 bits per heavy atom. The van der Waals surface area contributed by atoms with Gasteiger partial charge in [0.15, 0.2) is 0 Å². The number of ether oxygens (including phenoxy) is 2. The lowest BCUT2D eigenvalue weighted by molar-refractivity contribution is -0.142. The lowest BCUT2D eigenvalue weighted by Crippen LogP contribution is -2.61. The summed E-state index contributed by atoms with van der Waals surface area (Å²) < 4.78 is 11.8. The van der Waals surface area contributed by atoms with Crippen LogP contribution in [-0.4, -0.2) is 68.9 Å². The average molecular weight is 501 g/mol. The van der Waals surface area contributed by atoms with Crippen LogP contribution in [0.3, 0.4) is 0 Å². The van der Waals surface area contributed by atoms with Gasteiger partial charge >= 0.3 is 11.9 Å². The van der Waals surface area contributed by atoms with Crippen molar-refractivity contribution in [2.45, 2.75) is 115 Å². The van der Waals surface area contributed by atoms with Crippen molar-refractivity contribution in [3.63, 3.8) is 0 Å². The number of rotatable bonds is 6. The van der Waals surface area contributed by atoms with Gasteiger partial charge in [0.1, 0.15) is 12.2 Å². The van der Waals surface area contributed by atoms with Gasteiger partial charge in [-0.2, -0.15) is 0 Å². The van der Waals surface area contributed by atoms with Gasteiger partial charge in [-0.25, -0.2) is 9.59 Å². The van der Waals surface area contributed by atoms with Gasteiger partial charge in [0.05, 0.1) is 11.1 Å². The number of nitrogens with zero attached hydrogens (tertiary/aromatic N) is 2. The maximum absolute atomic E-state index is 13.2. The average Bonchev–Trinajstić information content (AvgIpc) is 2.70. The molecule has 1 aromatic carbocycles. The minimum Gasteiger partial charge on any atom is -0.459 e. The van der Waals surface area contributed by atoms with Crippen molar-refractivity contribution in [1.82, 2.24) is 9.80 Å². The number of esters is 2. The van der Waals surface area contributed by atoms with E-state index in [0.717, 1.165) is 12.8 Å². The van der Waals surface area contributed by atoms with Crippen molar-refractivity contribution in [2.75, 3.05) is 0 Å². The summed E-state index contributed by atoms with van der Waals surface area (Å²) in [7, 11) is 0. The van der Waals surface area contributed by atoms with E-state index in [2.05, 4.69) is 0 Å². The molecule has 36 heavy (non-hydrogen) atoms. The van der Waals surface area contributed by atoms with Gasteiger partial charge in [-0.05, 0) is 67.5 Å². The molecule has 0 N–H and O–H groups in total. The Balaban J connectivity index is 1.77. The van der Waals surface area contributed by atoms with Crippen molar-refractivity contribution >= 4 is 24.8 Å². The van der Waals surface area contributed by atoms with E-state index in [1.165, 1.54) is 0 Å². The van der Waals surface area contributed by atoms with Crippen LogP contribution in [-0.2, 0) is 19.1 Å². The second-order valence-corrected chi connectivity index (χ2v) is 12.6. The molecule has 0 spiro atoms. The van der Waals surface area contributed by atoms with Crippen LogP contribution >= 0.6 is 0 Å². The topological polar surface area (TPSA) is 93.2 Å². The number of carbonyl (C=O) groups excluding carboxylic acids is 4. The van der Waals surface area contributed by atoms with Gasteiger partial charge in [-0.3, -0.25) is 9.59 Å². The first kappa shape index (κ1) is 27.7. The number of amides is 2. The van der Waals surface area contributed by atoms with Gasteiger partial charge in [0, 0.05) is 47.8 Å². The van der Waals surface area contributed by atoms with Crippen LogP contribution in [0, 0.1) is 0 Å². The summed E-state index contributed by atoms with van der Waals surface area (Å²) in [6.45, 7) is 15.6. The predicted octanol–water partition coefficient (Wildman–Crippen LogP) is 4.36. The molecule has 3 rings (SSSR count). The molecule has 2 aliphatic rings. The molecule has 8 heteroatoms. The first-order valence-electron chi connectivity index (χ1n) is 12.5. The molecule has 0 aromatic heterocycles. The molecular formula is C28H40N2O6. The molecule has 0 bridgehead atoms. The lowest BCUT2D eigenvalue weighted by atomic mass is 9.78. The number of hydrogen-bond acceptors (Lipinski definition) is 6. The highest BCUT2D eigenvalue weighted by Crippen LogP contribution is 2.40. The standard InChI is InChI=1S/C28H40N2O6/c1-25(2)13-19(14-26(3,4)29(25)17-31)35-23(33)21-11-9-10-12-22(21)24(34)36-20-15-27(5,6)30(18-32)28(7,8)16-20/h9-12,17-20H,13-16H2,1-8H3. The Kier molecular flexibility index (Phi) is 7.32. The first-order valence-corrected chi connectivity index (χ1v) is 12.5. The minimum atomic E-state index is -0.588. The Hall–Kier alpha value is -2.90. The van der Waals surface area contributed by atoms with E-state index in [4.69, 9.17) is 9.47 Å². The molecule has 2 saturated heterocycles. The normalized spacial score (nSPS) is 23.0. The quantitative estimate of drug-likeness (QED) is 0.426. The number of piperidine rings is 2. The molecule has 2 fully saturated rings. The smallest absolute Gasteiger partial charge is 0.339 e. The van der Waals surface area contributed by atoms with Gasteiger partial charge in [0.2, 0.25) is 12.8 Å². The number of hydrogen-bond donors (Lipinski definition) is 0. The number of benzene rings is 1. The summed E-state index contributed by atoms with van der Waals surface area (Å²) in [4.78, 5) is 53.4. The monoisotopic (exact) mass is 500 g/mol. The van der Waals surface area contributed by atoms with Gasteiger partial charge in [-0.1, -0.05) is 12.1 Å². The van der Waals surface area contributed by atoms with Gasteiger partial charge < -0.3 is 19.3 Å². The largest absolute Gasteiger partial charge is 0.459 e. The summed E-state index contributed by atoms with van der Waals surface area (Å²) in [5.41, 5.74) is -1.63. The van der Waals surface area contributed by atoms with E-state index in [-0.39, 0.29) is 11.1 Å². The molecule has 2 heterocycles. The highest BCUT2D eigenvalue weighted by Gasteiger charge is 2.47. The van der Waals surface area contributed by atoms with Crippen LogP contribution in [0.25, 0.3) is 0 Å². The SMILES string of the molecule is CC1(C)CC(OC(=O)c2ccccc2C(=O)OC2CC(C)(C)N(C=O)C(C)(C)C2)CC(C)(C)N1C=O. The maximum Gasteiger partial charge on any atom is 0.339 e. The minimum absolute atomic E-state index is 0.153. The summed E-state index contributed by atoms with van der Waals surface area (Å²) in [6.07, 6.45) is 2.87. The Morgan fingerprint density at radius 3 is 1.19 bits per heavy atom. The molecule has 2 aliphatic heterocycles. The Morgan fingerprint density at radius 1 is 0.667 bits per heavy atom. The zero-order valence-electron chi connectivity index (χ0n) is 22.8.